The summed E-state index contributed by atoms with van der Waals surface area (Å²) in [6, 6.07) is 0.0899. The molecule has 1 unspecified atom stereocenters. The molecule has 15 heavy (non-hydrogen) atoms. The molecular weight excluding hydrogens is 203 g/mol. The summed E-state index contributed by atoms with van der Waals surface area (Å²) in [4.78, 5) is 0. The molecule has 0 aromatic carbocycles. The van der Waals surface area contributed by atoms with Gasteiger partial charge in [-0.05, 0) is 32.6 Å². The van der Waals surface area contributed by atoms with E-state index in [4.69, 9.17) is 6.42 Å². The summed E-state index contributed by atoms with van der Waals surface area (Å²) in [6.45, 7) is 1.84. The average molecular weight is 219 g/mol. The first-order chi connectivity index (χ1) is 6.93. The van der Waals surface area contributed by atoms with Crippen molar-refractivity contribution < 1.29 is 13.2 Å². The molecule has 0 bridgehead atoms. The zero-order chi connectivity index (χ0) is 11.5. The van der Waals surface area contributed by atoms with Gasteiger partial charge < -0.3 is 5.32 Å². The van der Waals surface area contributed by atoms with Crippen LogP contribution >= 0.6 is 0 Å². The zero-order valence-corrected chi connectivity index (χ0v) is 8.77. The molecule has 1 saturated carbocycles. The van der Waals surface area contributed by atoms with Gasteiger partial charge in [0.05, 0.1) is 12.0 Å². The number of halogens is 3. The molecular formula is C11H16F3N. The van der Waals surface area contributed by atoms with Gasteiger partial charge in [0.1, 0.15) is 0 Å². The van der Waals surface area contributed by atoms with E-state index in [9.17, 15) is 13.2 Å². The Bertz CT molecular complexity index is 233. The normalized spacial score (nSPS) is 29.5. The molecule has 0 aromatic rings. The lowest BCUT2D eigenvalue weighted by Crippen LogP contribution is -2.40. The maximum atomic E-state index is 12.3. The quantitative estimate of drug-likeness (QED) is 0.704. The molecule has 1 aliphatic rings. The third-order valence-electron chi connectivity index (χ3n) is 2.93. The second-order valence-corrected chi connectivity index (χ2v) is 4.15. The summed E-state index contributed by atoms with van der Waals surface area (Å²) in [7, 11) is 0. The number of rotatable bonds is 2. The number of hydrogen-bond donors (Lipinski definition) is 1. The first kappa shape index (κ1) is 12.4. The summed E-state index contributed by atoms with van der Waals surface area (Å²) in [5.41, 5.74) is 0. The standard InChI is InChI=1S/C11H16F3N/c1-3-8(2)15-10-6-4-9(5-7-10)11(12,13)14/h1,8-10,15H,4-7H2,2H3. The summed E-state index contributed by atoms with van der Waals surface area (Å²) >= 11 is 0. The van der Waals surface area contributed by atoms with Crippen LogP contribution in [0.3, 0.4) is 0 Å². The van der Waals surface area contributed by atoms with E-state index in [1.807, 2.05) is 6.92 Å². The van der Waals surface area contributed by atoms with Crippen LogP contribution in [0.4, 0.5) is 13.2 Å². The van der Waals surface area contributed by atoms with Gasteiger partial charge >= 0.3 is 6.18 Å². The van der Waals surface area contributed by atoms with E-state index < -0.39 is 12.1 Å². The minimum Gasteiger partial charge on any atom is -0.301 e. The first-order valence-corrected chi connectivity index (χ1v) is 5.22. The van der Waals surface area contributed by atoms with E-state index in [1.165, 1.54) is 0 Å². The monoisotopic (exact) mass is 219 g/mol. The molecule has 0 aromatic heterocycles. The van der Waals surface area contributed by atoms with Crippen molar-refractivity contribution in [2.45, 2.75) is 50.9 Å². The Labute approximate surface area is 88.4 Å². The van der Waals surface area contributed by atoms with E-state index >= 15 is 0 Å². The van der Waals surface area contributed by atoms with Crippen LogP contribution in [0.15, 0.2) is 0 Å². The van der Waals surface area contributed by atoms with E-state index in [0.717, 1.165) is 0 Å². The Hall–Kier alpha value is -0.690. The fraction of sp³-hybridized carbons (Fsp3) is 0.818. The van der Waals surface area contributed by atoms with Gasteiger partial charge in [0.15, 0.2) is 0 Å². The molecule has 1 aliphatic carbocycles. The highest BCUT2D eigenvalue weighted by Gasteiger charge is 2.41. The van der Waals surface area contributed by atoms with Gasteiger partial charge in [-0.15, -0.1) is 6.42 Å². The van der Waals surface area contributed by atoms with Crippen LogP contribution in [0.2, 0.25) is 0 Å². The van der Waals surface area contributed by atoms with Crippen LogP contribution in [0, 0.1) is 18.3 Å². The maximum Gasteiger partial charge on any atom is 0.391 e. The lowest BCUT2D eigenvalue weighted by atomic mass is 9.85. The topological polar surface area (TPSA) is 12.0 Å². The summed E-state index contributed by atoms with van der Waals surface area (Å²) in [6.07, 6.45) is 2.74. The van der Waals surface area contributed by atoms with Gasteiger partial charge in [-0.3, -0.25) is 0 Å². The van der Waals surface area contributed by atoms with Gasteiger partial charge in [-0.1, -0.05) is 5.92 Å². The van der Waals surface area contributed by atoms with Crippen molar-refractivity contribution in [3.63, 3.8) is 0 Å². The average Bonchev–Trinajstić information content (AvgIpc) is 2.17. The number of nitrogens with one attached hydrogen (secondary N) is 1. The van der Waals surface area contributed by atoms with Gasteiger partial charge in [0.2, 0.25) is 0 Å². The van der Waals surface area contributed by atoms with E-state index in [1.54, 1.807) is 0 Å². The fourth-order valence-corrected chi connectivity index (χ4v) is 1.99. The van der Waals surface area contributed by atoms with Crippen LogP contribution in [0.25, 0.3) is 0 Å². The number of terminal acetylenes is 1. The molecule has 0 saturated heterocycles. The molecule has 0 aliphatic heterocycles. The molecule has 1 fully saturated rings. The molecule has 0 spiro atoms. The molecule has 0 heterocycles. The molecule has 1 atom stereocenters. The molecule has 1 nitrogen and oxygen atoms in total. The van der Waals surface area contributed by atoms with Crippen molar-refractivity contribution in [1.82, 2.24) is 5.32 Å². The maximum absolute atomic E-state index is 12.3. The van der Waals surface area contributed by atoms with E-state index in [0.29, 0.717) is 12.8 Å². The predicted molar refractivity (Wildman–Crippen MR) is 53.2 cm³/mol. The largest absolute Gasteiger partial charge is 0.391 e. The van der Waals surface area contributed by atoms with Crippen molar-refractivity contribution in [2.24, 2.45) is 5.92 Å². The van der Waals surface area contributed by atoms with Crippen LogP contribution in [-0.2, 0) is 0 Å². The Balaban J connectivity index is 2.34. The van der Waals surface area contributed by atoms with Crippen molar-refractivity contribution in [1.29, 1.82) is 0 Å². The highest BCUT2D eigenvalue weighted by molar-refractivity contribution is 4.97. The molecule has 4 heteroatoms. The Morgan fingerprint density at radius 1 is 1.27 bits per heavy atom. The zero-order valence-electron chi connectivity index (χ0n) is 8.77. The predicted octanol–water partition coefficient (Wildman–Crippen LogP) is 2.72. The highest BCUT2D eigenvalue weighted by Crippen LogP contribution is 2.37. The molecule has 0 radical (unpaired) electrons. The Kier molecular flexibility index (Phi) is 4.04. The fourth-order valence-electron chi connectivity index (χ4n) is 1.99. The van der Waals surface area contributed by atoms with Gasteiger partial charge in [-0.25, -0.2) is 0 Å². The summed E-state index contributed by atoms with van der Waals surface area (Å²) < 4.78 is 37.0. The third-order valence-corrected chi connectivity index (χ3v) is 2.93. The number of hydrogen-bond acceptors (Lipinski definition) is 1. The van der Waals surface area contributed by atoms with Crippen LogP contribution in [0.5, 0.6) is 0 Å². The highest BCUT2D eigenvalue weighted by atomic mass is 19.4. The van der Waals surface area contributed by atoms with Crippen molar-refractivity contribution in [2.75, 3.05) is 0 Å². The van der Waals surface area contributed by atoms with Gasteiger partial charge in [0, 0.05) is 6.04 Å². The minimum absolute atomic E-state index is 0.0579. The number of alkyl halides is 3. The van der Waals surface area contributed by atoms with Crippen molar-refractivity contribution in [3.8, 4) is 12.3 Å². The smallest absolute Gasteiger partial charge is 0.301 e. The molecule has 1 N–H and O–H groups in total. The second-order valence-electron chi connectivity index (χ2n) is 4.15. The van der Waals surface area contributed by atoms with Crippen LogP contribution in [0.1, 0.15) is 32.6 Å². The first-order valence-electron chi connectivity index (χ1n) is 5.22. The Morgan fingerprint density at radius 2 is 1.80 bits per heavy atom. The molecule has 86 valence electrons. The second kappa shape index (κ2) is 4.89. The Morgan fingerprint density at radius 3 is 2.20 bits per heavy atom. The lowest BCUT2D eigenvalue weighted by Gasteiger charge is -2.31. The minimum atomic E-state index is -4.03. The third kappa shape index (κ3) is 3.75. The van der Waals surface area contributed by atoms with E-state index in [-0.39, 0.29) is 24.9 Å². The van der Waals surface area contributed by atoms with Crippen LogP contribution in [-0.4, -0.2) is 18.3 Å². The van der Waals surface area contributed by atoms with Gasteiger partial charge in [-0.2, -0.15) is 13.2 Å². The van der Waals surface area contributed by atoms with E-state index in [2.05, 4.69) is 11.2 Å². The van der Waals surface area contributed by atoms with Crippen molar-refractivity contribution in [3.05, 3.63) is 0 Å². The lowest BCUT2D eigenvalue weighted by molar-refractivity contribution is -0.182. The summed E-state index contributed by atoms with van der Waals surface area (Å²) in [5.74, 6) is 1.41. The molecule has 0 amide bonds. The van der Waals surface area contributed by atoms with Crippen LogP contribution < -0.4 is 5.32 Å². The van der Waals surface area contributed by atoms with Gasteiger partial charge in [0.25, 0.3) is 0 Å². The molecule has 1 rings (SSSR count). The SMILES string of the molecule is C#CC(C)NC1CCC(C(F)(F)F)CC1. The van der Waals surface area contributed by atoms with Crippen molar-refractivity contribution >= 4 is 0 Å². The summed E-state index contributed by atoms with van der Waals surface area (Å²) in [5, 5.41) is 3.14.